The lowest BCUT2D eigenvalue weighted by Crippen LogP contribution is -2.34. The molecule has 0 amide bonds. The molecule has 0 unspecified atom stereocenters. The molecule has 1 saturated heterocycles. The van der Waals surface area contributed by atoms with Crippen molar-refractivity contribution in [2.24, 2.45) is 0 Å². The summed E-state index contributed by atoms with van der Waals surface area (Å²) in [6.45, 7) is 2.67. The van der Waals surface area contributed by atoms with Crippen LogP contribution >= 0.6 is 0 Å². The van der Waals surface area contributed by atoms with E-state index in [-0.39, 0.29) is 5.56 Å². The highest BCUT2D eigenvalue weighted by Gasteiger charge is 2.23. The van der Waals surface area contributed by atoms with Crippen LogP contribution in [0.1, 0.15) is 30.1 Å². The van der Waals surface area contributed by atoms with Gasteiger partial charge in [-0.2, -0.15) is 0 Å². The van der Waals surface area contributed by atoms with Crippen LogP contribution in [0, 0.1) is 0 Å². The summed E-state index contributed by atoms with van der Waals surface area (Å²) in [5.74, 6) is 0.292. The SMILES string of the molecule is O=c1cc([C@@H]2CCCN(Cc3cn(-c4ccccc4)nn3)C2)nc[nH]1. The normalized spacial score (nSPS) is 18.3. The number of likely N-dealkylation sites (tertiary alicyclic amines) is 1. The second-order valence-corrected chi connectivity index (χ2v) is 6.40. The number of nitrogens with zero attached hydrogens (tertiary/aromatic N) is 5. The summed E-state index contributed by atoms with van der Waals surface area (Å²) in [4.78, 5) is 20.8. The molecule has 2 aromatic heterocycles. The molecule has 1 N–H and O–H groups in total. The summed E-state index contributed by atoms with van der Waals surface area (Å²) in [6.07, 6.45) is 5.61. The lowest BCUT2D eigenvalue weighted by atomic mass is 9.94. The molecule has 1 aromatic carbocycles. The number of rotatable bonds is 4. The molecule has 0 radical (unpaired) electrons. The third kappa shape index (κ3) is 3.66. The third-order valence-corrected chi connectivity index (χ3v) is 4.57. The second-order valence-electron chi connectivity index (χ2n) is 6.40. The van der Waals surface area contributed by atoms with Crippen LogP contribution in [0.2, 0.25) is 0 Å². The number of aromatic amines is 1. The Morgan fingerprint density at radius 1 is 1.24 bits per heavy atom. The van der Waals surface area contributed by atoms with Crippen molar-refractivity contribution in [2.45, 2.75) is 25.3 Å². The number of nitrogens with one attached hydrogen (secondary N) is 1. The van der Waals surface area contributed by atoms with Crippen molar-refractivity contribution in [3.8, 4) is 5.69 Å². The molecule has 1 aliphatic heterocycles. The van der Waals surface area contributed by atoms with Crippen molar-refractivity contribution in [1.82, 2.24) is 29.9 Å². The largest absolute Gasteiger partial charge is 0.313 e. The van der Waals surface area contributed by atoms with E-state index in [1.807, 2.05) is 36.5 Å². The summed E-state index contributed by atoms with van der Waals surface area (Å²) in [6, 6.07) is 11.6. The maximum atomic E-state index is 11.5. The van der Waals surface area contributed by atoms with E-state index in [4.69, 9.17) is 0 Å². The molecule has 7 heteroatoms. The Kier molecular flexibility index (Phi) is 4.39. The van der Waals surface area contributed by atoms with Crippen molar-refractivity contribution in [3.63, 3.8) is 0 Å². The van der Waals surface area contributed by atoms with Crippen LogP contribution in [0.5, 0.6) is 0 Å². The zero-order chi connectivity index (χ0) is 17.1. The number of hydrogen-bond donors (Lipinski definition) is 1. The molecule has 4 rings (SSSR count). The molecule has 0 spiro atoms. The van der Waals surface area contributed by atoms with Crippen LogP contribution < -0.4 is 5.56 Å². The van der Waals surface area contributed by atoms with Gasteiger partial charge in [0, 0.05) is 25.1 Å². The number of para-hydroxylation sites is 1. The van der Waals surface area contributed by atoms with Crippen LogP contribution in [0.4, 0.5) is 0 Å². The maximum Gasteiger partial charge on any atom is 0.250 e. The molecule has 0 saturated carbocycles. The molecule has 7 nitrogen and oxygen atoms in total. The summed E-state index contributed by atoms with van der Waals surface area (Å²) < 4.78 is 1.80. The Balaban J connectivity index is 1.44. The van der Waals surface area contributed by atoms with Gasteiger partial charge in [-0.1, -0.05) is 23.4 Å². The van der Waals surface area contributed by atoms with E-state index < -0.39 is 0 Å². The monoisotopic (exact) mass is 336 g/mol. The van der Waals surface area contributed by atoms with E-state index in [0.717, 1.165) is 49.6 Å². The number of piperidine rings is 1. The fourth-order valence-electron chi connectivity index (χ4n) is 3.35. The van der Waals surface area contributed by atoms with Crippen molar-refractivity contribution in [2.75, 3.05) is 13.1 Å². The highest BCUT2D eigenvalue weighted by atomic mass is 16.1. The van der Waals surface area contributed by atoms with E-state index in [9.17, 15) is 4.79 Å². The molecule has 1 aliphatic rings. The Bertz CT molecular complexity index is 888. The van der Waals surface area contributed by atoms with Gasteiger partial charge in [0.25, 0.3) is 5.56 Å². The van der Waals surface area contributed by atoms with Crippen LogP contribution in [0.15, 0.2) is 53.7 Å². The van der Waals surface area contributed by atoms with Gasteiger partial charge in [-0.3, -0.25) is 9.69 Å². The standard InChI is InChI=1S/C18H20N6O/c25-18-9-17(19-13-20-18)14-5-4-8-23(10-14)11-15-12-24(22-21-15)16-6-2-1-3-7-16/h1-3,6-7,9,12-14H,4-5,8,10-11H2,(H,19,20,25)/t14-/m1/s1. The molecular formula is C18H20N6O. The average molecular weight is 336 g/mol. The first kappa shape index (κ1) is 15.7. The maximum absolute atomic E-state index is 11.5. The van der Waals surface area contributed by atoms with Crippen LogP contribution in [0.25, 0.3) is 5.69 Å². The Hall–Kier alpha value is -2.80. The van der Waals surface area contributed by atoms with Gasteiger partial charge in [0.15, 0.2) is 0 Å². The zero-order valence-corrected chi connectivity index (χ0v) is 13.9. The van der Waals surface area contributed by atoms with E-state index >= 15 is 0 Å². The van der Waals surface area contributed by atoms with Crippen molar-refractivity contribution in [1.29, 1.82) is 0 Å². The van der Waals surface area contributed by atoms with Gasteiger partial charge >= 0.3 is 0 Å². The minimum absolute atomic E-state index is 0.0899. The second kappa shape index (κ2) is 6.98. The molecule has 3 aromatic rings. The fraction of sp³-hybridized carbons (Fsp3) is 0.333. The van der Waals surface area contributed by atoms with Crippen LogP contribution in [0.3, 0.4) is 0 Å². The molecule has 25 heavy (non-hydrogen) atoms. The summed E-state index contributed by atoms with van der Waals surface area (Å²) >= 11 is 0. The highest BCUT2D eigenvalue weighted by molar-refractivity contribution is 5.29. The van der Waals surface area contributed by atoms with Crippen molar-refractivity contribution < 1.29 is 0 Å². The van der Waals surface area contributed by atoms with Crippen molar-refractivity contribution in [3.05, 3.63) is 70.7 Å². The van der Waals surface area contributed by atoms with Gasteiger partial charge < -0.3 is 4.98 Å². The molecular weight excluding hydrogens is 316 g/mol. The molecule has 1 atom stereocenters. The Morgan fingerprint density at radius 2 is 2.12 bits per heavy atom. The average Bonchev–Trinajstić information content (AvgIpc) is 3.11. The van der Waals surface area contributed by atoms with Gasteiger partial charge in [0.1, 0.15) is 0 Å². The van der Waals surface area contributed by atoms with E-state index in [1.165, 1.54) is 6.33 Å². The van der Waals surface area contributed by atoms with Gasteiger partial charge in [-0.15, -0.1) is 5.10 Å². The van der Waals surface area contributed by atoms with Crippen LogP contribution in [-0.2, 0) is 6.54 Å². The zero-order valence-electron chi connectivity index (χ0n) is 13.9. The van der Waals surface area contributed by atoms with Gasteiger partial charge in [0.2, 0.25) is 0 Å². The van der Waals surface area contributed by atoms with Gasteiger partial charge in [0.05, 0.1) is 29.6 Å². The minimum atomic E-state index is -0.0899. The lowest BCUT2D eigenvalue weighted by molar-refractivity contribution is 0.196. The Labute approximate surface area is 145 Å². The quantitative estimate of drug-likeness (QED) is 0.785. The smallest absolute Gasteiger partial charge is 0.250 e. The lowest BCUT2D eigenvalue weighted by Gasteiger charge is -2.31. The number of aromatic nitrogens is 5. The first-order valence-corrected chi connectivity index (χ1v) is 8.51. The molecule has 128 valence electrons. The first-order chi connectivity index (χ1) is 12.3. The minimum Gasteiger partial charge on any atom is -0.313 e. The van der Waals surface area contributed by atoms with Crippen LogP contribution in [-0.4, -0.2) is 43.0 Å². The third-order valence-electron chi connectivity index (χ3n) is 4.57. The molecule has 1 fully saturated rings. The molecule has 0 aliphatic carbocycles. The molecule has 0 bridgehead atoms. The number of benzene rings is 1. The van der Waals surface area contributed by atoms with E-state index in [0.29, 0.717) is 5.92 Å². The van der Waals surface area contributed by atoms with E-state index in [1.54, 1.807) is 10.7 Å². The summed E-state index contributed by atoms with van der Waals surface area (Å²) in [5.41, 5.74) is 2.74. The van der Waals surface area contributed by atoms with Gasteiger partial charge in [-0.05, 0) is 31.5 Å². The first-order valence-electron chi connectivity index (χ1n) is 8.51. The molecule has 3 heterocycles. The Morgan fingerprint density at radius 3 is 2.96 bits per heavy atom. The highest BCUT2D eigenvalue weighted by Crippen LogP contribution is 2.25. The van der Waals surface area contributed by atoms with Gasteiger partial charge in [-0.25, -0.2) is 9.67 Å². The predicted molar refractivity (Wildman–Crippen MR) is 93.5 cm³/mol. The predicted octanol–water partition coefficient (Wildman–Crippen LogP) is 1.73. The summed E-state index contributed by atoms with van der Waals surface area (Å²) in [7, 11) is 0. The van der Waals surface area contributed by atoms with E-state index in [2.05, 4.69) is 25.2 Å². The number of hydrogen-bond acceptors (Lipinski definition) is 5. The van der Waals surface area contributed by atoms with Crippen molar-refractivity contribution >= 4 is 0 Å². The summed E-state index contributed by atoms with van der Waals surface area (Å²) in [5, 5.41) is 8.52. The fourth-order valence-corrected chi connectivity index (χ4v) is 3.35. The topological polar surface area (TPSA) is 79.7 Å². The number of H-pyrrole nitrogens is 1.